The number of rotatable bonds is 6. The summed E-state index contributed by atoms with van der Waals surface area (Å²) in [4.78, 5) is 25.6. The lowest BCUT2D eigenvalue weighted by atomic mass is 10.0. The molecule has 116 valence electrons. The first-order chi connectivity index (χ1) is 9.43. The molecule has 1 unspecified atom stereocenters. The molecule has 5 nitrogen and oxygen atoms in total. The van der Waals surface area contributed by atoms with Crippen molar-refractivity contribution in [3.63, 3.8) is 0 Å². The Morgan fingerprint density at radius 2 is 1.90 bits per heavy atom. The van der Waals surface area contributed by atoms with Crippen LogP contribution in [0.2, 0.25) is 0 Å². The molecule has 0 bridgehead atoms. The number of nitrogens with two attached hydrogens (primary N) is 1. The summed E-state index contributed by atoms with van der Waals surface area (Å²) in [6.07, 6.45) is 3.97. The van der Waals surface area contributed by atoms with Crippen LogP contribution in [0.4, 0.5) is 0 Å². The van der Waals surface area contributed by atoms with Crippen molar-refractivity contribution in [2.24, 2.45) is 11.7 Å². The summed E-state index contributed by atoms with van der Waals surface area (Å²) in [5, 5.41) is 3.04. The molecule has 0 saturated carbocycles. The molecule has 0 spiro atoms. The third kappa shape index (κ3) is 5.49. The molecular formula is C15H29N3O2. The van der Waals surface area contributed by atoms with Gasteiger partial charge in [0.1, 0.15) is 0 Å². The maximum Gasteiger partial charge on any atom is 0.225 e. The zero-order valence-electron chi connectivity index (χ0n) is 13.0. The zero-order chi connectivity index (χ0) is 15.1. The summed E-state index contributed by atoms with van der Waals surface area (Å²) < 4.78 is 0. The molecule has 20 heavy (non-hydrogen) atoms. The molecule has 1 atom stereocenters. The Hall–Kier alpha value is -1.10. The monoisotopic (exact) mass is 283 g/mol. The number of piperidine rings is 1. The normalized spacial score (nSPS) is 18.1. The fourth-order valence-corrected chi connectivity index (χ4v) is 2.61. The van der Waals surface area contributed by atoms with E-state index < -0.39 is 0 Å². The van der Waals surface area contributed by atoms with Crippen molar-refractivity contribution in [3.05, 3.63) is 0 Å². The van der Waals surface area contributed by atoms with Gasteiger partial charge in [0, 0.05) is 37.5 Å². The minimum absolute atomic E-state index is 0.0393. The van der Waals surface area contributed by atoms with Gasteiger partial charge >= 0.3 is 0 Å². The van der Waals surface area contributed by atoms with Crippen LogP contribution >= 0.6 is 0 Å². The van der Waals surface area contributed by atoms with Crippen LogP contribution in [0.3, 0.4) is 0 Å². The molecule has 2 amide bonds. The number of likely N-dealkylation sites (tertiary alicyclic amines) is 1. The van der Waals surface area contributed by atoms with Gasteiger partial charge in [-0.15, -0.1) is 0 Å². The summed E-state index contributed by atoms with van der Waals surface area (Å²) in [5.74, 6) is 0.299. The molecule has 1 saturated heterocycles. The fraction of sp³-hybridized carbons (Fsp3) is 0.867. The number of nitrogens with one attached hydrogen (secondary N) is 1. The Morgan fingerprint density at radius 1 is 1.30 bits per heavy atom. The van der Waals surface area contributed by atoms with Gasteiger partial charge in [0.25, 0.3) is 0 Å². The van der Waals surface area contributed by atoms with Gasteiger partial charge in [-0.3, -0.25) is 9.59 Å². The van der Waals surface area contributed by atoms with Crippen LogP contribution in [0, 0.1) is 5.92 Å². The second kappa shape index (κ2) is 8.25. The van der Waals surface area contributed by atoms with Crippen molar-refractivity contribution >= 4 is 11.8 Å². The Kier molecular flexibility index (Phi) is 6.99. The second-order valence-electron chi connectivity index (χ2n) is 6.07. The van der Waals surface area contributed by atoms with E-state index in [4.69, 9.17) is 5.73 Å². The molecule has 5 heteroatoms. The van der Waals surface area contributed by atoms with Crippen molar-refractivity contribution in [2.75, 3.05) is 13.1 Å². The van der Waals surface area contributed by atoms with E-state index in [1.807, 2.05) is 18.7 Å². The molecule has 1 fully saturated rings. The van der Waals surface area contributed by atoms with Gasteiger partial charge in [0.15, 0.2) is 0 Å². The first-order valence-electron chi connectivity index (χ1n) is 7.77. The molecule has 0 radical (unpaired) electrons. The molecule has 0 aromatic heterocycles. The summed E-state index contributed by atoms with van der Waals surface area (Å²) in [7, 11) is 0. The molecule has 0 aromatic rings. The fourth-order valence-electron chi connectivity index (χ4n) is 2.61. The Balaban J connectivity index is 2.28. The maximum absolute atomic E-state index is 11.9. The highest BCUT2D eigenvalue weighted by atomic mass is 16.2. The van der Waals surface area contributed by atoms with Crippen LogP contribution in [0.1, 0.15) is 52.9 Å². The van der Waals surface area contributed by atoms with Crippen LogP contribution in [0.15, 0.2) is 0 Å². The van der Waals surface area contributed by atoms with Gasteiger partial charge in [-0.2, -0.15) is 0 Å². The minimum atomic E-state index is -0.0393. The summed E-state index contributed by atoms with van der Waals surface area (Å²) in [5.41, 5.74) is 5.87. The van der Waals surface area contributed by atoms with E-state index in [0.29, 0.717) is 6.42 Å². The number of carbonyl (C=O) groups is 2. The maximum atomic E-state index is 11.9. The lowest BCUT2D eigenvalue weighted by molar-refractivity contribution is -0.135. The summed E-state index contributed by atoms with van der Waals surface area (Å²) >= 11 is 0. The van der Waals surface area contributed by atoms with E-state index in [0.717, 1.165) is 38.8 Å². The average Bonchev–Trinajstić information content (AvgIpc) is 2.38. The molecule has 1 aliphatic heterocycles. The average molecular weight is 283 g/mol. The SMILES string of the molecule is CCCC(N)CC(=O)NC1CCN(C(=O)C(C)C)CC1. The quantitative estimate of drug-likeness (QED) is 0.770. The number of amides is 2. The predicted octanol–water partition coefficient (Wildman–Crippen LogP) is 1.27. The van der Waals surface area contributed by atoms with Crippen LogP contribution in [0.5, 0.6) is 0 Å². The highest BCUT2D eigenvalue weighted by Crippen LogP contribution is 2.13. The Labute approximate surface area is 122 Å². The molecule has 0 aromatic carbocycles. The number of carbonyl (C=O) groups excluding carboxylic acids is 2. The van der Waals surface area contributed by atoms with Gasteiger partial charge in [-0.05, 0) is 19.3 Å². The van der Waals surface area contributed by atoms with Gasteiger partial charge in [0.05, 0.1) is 0 Å². The van der Waals surface area contributed by atoms with Crippen LogP contribution < -0.4 is 11.1 Å². The smallest absolute Gasteiger partial charge is 0.225 e. The van der Waals surface area contributed by atoms with Crippen molar-refractivity contribution in [2.45, 2.75) is 65.0 Å². The van der Waals surface area contributed by atoms with Gasteiger partial charge in [-0.1, -0.05) is 27.2 Å². The molecule has 0 aliphatic carbocycles. The van der Waals surface area contributed by atoms with E-state index in [-0.39, 0.29) is 29.8 Å². The van der Waals surface area contributed by atoms with Gasteiger partial charge < -0.3 is 16.0 Å². The first kappa shape index (κ1) is 17.0. The first-order valence-corrected chi connectivity index (χ1v) is 7.77. The summed E-state index contributed by atoms with van der Waals surface area (Å²) in [6, 6.07) is 0.148. The lowest BCUT2D eigenvalue weighted by Gasteiger charge is -2.33. The van der Waals surface area contributed by atoms with E-state index >= 15 is 0 Å². The number of nitrogens with zero attached hydrogens (tertiary/aromatic N) is 1. The molecule has 1 aliphatic rings. The molecule has 1 heterocycles. The number of hydrogen-bond acceptors (Lipinski definition) is 3. The van der Waals surface area contributed by atoms with Gasteiger partial charge in [-0.25, -0.2) is 0 Å². The van der Waals surface area contributed by atoms with Crippen molar-refractivity contribution in [1.82, 2.24) is 10.2 Å². The van der Waals surface area contributed by atoms with E-state index in [9.17, 15) is 9.59 Å². The van der Waals surface area contributed by atoms with Gasteiger partial charge in [0.2, 0.25) is 11.8 Å². The Morgan fingerprint density at radius 3 is 2.40 bits per heavy atom. The third-order valence-corrected chi connectivity index (χ3v) is 3.77. The van der Waals surface area contributed by atoms with Crippen LogP contribution in [-0.2, 0) is 9.59 Å². The molecular weight excluding hydrogens is 254 g/mol. The van der Waals surface area contributed by atoms with Crippen molar-refractivity contribution in [1.29, 1.82) is 0 Å². The molecule has 1 rings (SSSR count). The predicted molar refractivity (Wildman–Crippen MR) is 80.1 cm³/mol. The van der Waals surface area contributed by atoms with Crippen LogP contribution in [-0.4, -0.2) is 41.9 Å². The van der Waals surface area contributed by atoms with E-state index in [1.54, 1.807) is 0 Å². The van der Waals surface area contributed by atoms with Crippen LogP contribution in [0.25, 0.3) is 0 Å². The molecule has 3 N–H and O–H groups in total. The van der Waals surface area contributed by atoms with E-state index in [1.165, 1.54) is 0 Å². The minimum Gasteiger partial charge on any atom is -0.353 e. The third-order valence-electron chi connectivity index (χ3n) is 3.77. The highest BCUT2D eigenvalue weighted by Gasteiger charge is 2.25. The van der Waals surface area contributed by atoms with Crippen molar-refractivity contribution < 1.29 is 9.59 Å². The Bertz CT molecular complexity index is 323. The standard InChI is InChI=1S/C15H29N3O2/c1-4-5-12(16)10-14(19)17-13-6-8-18(9-7-13)15(20)11(2)3/h11-13H,4-10,16H2,1-3H3,(H,17,19). The second-order valence-corrected chi connectivity index (χ2v) is 6.07. The largest absolute Gasteiger partial charge is 0.353 e. The van der Waals surface area contributed by atoms with Crippen molar-refractivity contribution in [3.8, 4) is 0 Å². The summed E-state index contributed by atoms with van der Waals surface area (Å²) in [6.45, 7) is 7.39. The highest BCUT2D eigenvalue weighted by molar-refractivity contribution is 5.78. The topological polar surface area (TPSA) is 75.4 Å². The van der Waals surface area contributed by atoms with E-state index in [2.05, 4.69) is 12.2 Å². The zero-order valence-corrected chi connectivity index (χ0v) is 13.0. The lowest BCUT2D eigenvalue weighted by Crippen LogP contribution is -2.48. The number of hydrogen-bond donors (Lipinski definition) is 2.